The Morgan fingerprint density at radius 2 is 2.18 bits per heavy atom. The van der Waals surface area contributed by atoms with E-state index in [1.807, 2.05) is 24.2 Å². The maximum absolute atomic E-state index is 12.5. The molecule has 1 aliphatic rings. The molecule has 2 aromatic rings. The van der Waals surface area contributed by atoms with Crippen LogP contribution < -0.4 is 15.0 Å². The standard InChI is InChI=1S/C18H24N6O3.HI/c1-19-18(20-9-13-4-5-16(27-3)15(25)8-13)23-6-7-24(17(26)12-23)14-10-21-22(2)11-14;/h4-5,8,10-11,25H,6-7,9,12H2,1-3H3,(H,19,20);1H. The smallest absolute Gasteiger partial charge is 0.246 e. The minimum absolute atomic E-state index is 0. The average Bonchev–Trinajstić information content (AvgIpc) is 3.08. The van der Waals surface area contributed by atoms with Crippen molar-refractivity contribution in [1.29, 1.82) is 0 Å². The van der Waals surface area contributed by atoms with Crippen LogP contribution >= 0.6 is 24.0 Å². The maximum Gasteiger partial charge on any atom is 0.246 e. The molecule has 0 spiro atoms. The third-order valence-electron chi connectivity index (χ3n) is 4.43. The van der Waals surface area contributed by atoms with Gasteiger partial charge in [0.1, 0.15) is 6.54 Å². The van der Waals surface area contributed by atoms with Crippen LogP contribution in [0.5, 0.6) is 11.5 Å². The summed E-state index contributed by atoms with van der Waals surface area (Å²) < 4.78 is 6.73. The van der Waals surface area contributed by atoms with Gasteiger partial charge in [0.2, 0.25) is 5.91 Å². The number of aromatic nitrogens is 2. The van der Waals surface area contributed by atoms with Crippen molar-refractivity contribution in [2.75, 3.05) is 38.7 Å². The molecule has 1 aliphatic heterocycles. The third-order valence-corrected chi connectivity index (χ3v) is 4.43. The number of halogens is 1. The predicted octanol–water partition coefficient (Wildman–Crippen LogP) is 1.18. The second-order valence-corrected chi connectivity index (χ2v) is 6.25. The highest BCUT2D eigenvalue weighted by atomic mass is 127. The molecular formula is C18H25IN6O3. The van der Waals surface area contributed by atoms with Crippen LogP contribution in [0, 0.1) is 0 Å². The molecule has 1 saturated heterocycles. The highest BCUT2D eigenvalue weighted by Crippen LogP contribution is 2.26. The Labute approximate surface area is 181 Å². The first-order chi connectivity index (χ1) is 13.0. The SMILES string of the molecule is CN=C(NCc1ccc(OC)c(O)c1)N1CCN(c2cnn(C)c2)C(=O)C1.I. The highest BCUT2D eigenvalue weighted by molar-refractivity contribution is 14.0. The van der Waals surface area contributed by atoms with Gasteiger partial charge in [0.15, 0.2) is 17.5 Å². The van der Waals surface area contributed by atoms with Gasteiger partial charge in [-0.3, -0.25) is 14.5 Å². The number of nitrogens with one attached hydrogen (secondary N) is 1. The van der Waals surface area contributed by atoms with Crippen molar-refractivity contribution < 1.29 is 14.6 Å². The first-order valence-corrected chi connectivity index (χ1v) is 8.62. The molecule has 152 valence electrons. The second kappa shape index (κ2) is 9.62. The van der Waals surface area contributed by atoms with Crippen molar-refractivity contribution in [3.05, 3.63) is 36.2 Å². The lowest BCUT2D eigenvalue weighted by Crippen LogP contribution is -2.55. The number of phenolic OH excluding ortho intramolecular Hbond substituents is 1. The Balaban J connectivity index is 0.00000280. The van der Waals surface area contributed by atoms with Gasteiger partial charge in [0, 0.05) is 39.9 Å². The van der Waals surface area contributed by atoms with Gasteiger partial charge in [-0.2, -0.15) is 5.10 Å². The largest absolute Gasteiger partial charge is 0.504 e. The fourth-order valence-electron chi connectivity index (χ4n) is 3.03. The molecule has 2 heterocycles. The zero-order valence-corrected chi connectivity index (χ0v) is 18.5. The topological polar surface area (TPSA) is 95.2 Å². The molecule has 28 heavy (non-hydrogen) atoms. The summed E-state index contributed by atoms with van der Waals surface area (Å²) in [6.45, 7) is 1.94. The third kappa shape index (κ3) is 4.86. The maximum atomic E-state index is 12.5. The fourth-order valence-corrected chi connectivity index (χ4v) is 3.03. The number of benzene rings is 1. The van der Waals surface area contributed by atoms with Crippen molar-refractivity contribution in [1.82, 2.24) is 20.0 Å². The predicted molar refractivity (Wildman–Crippen MR) is 117 cm³/mol. The quantitative estimate of drug-likeness (QED) is 0.372. The van der Waals surface area contributed by atoms with E-state index in [-0.39, 0.29) is 42.2 Å². The van der Waals surface area contributed by atoms with E-state index < -0.39 is 0 Å². The minimum Gasteiger partial charge on any atom is -0.504 e. The van der Waals surface area contributed by atoms with Crippen molar-refractivity contribution in [3.63, 3.8) is 0 Å². The second-order valence-electron chi connectivity index (χ2n) is 6.25. The number of guanidine groups is 1. The fraction of sp³-hybridized carbons (Fsp3) is 0.389. The summed E-state index contributed by atoms with van der Waals surface area (Å²) >= 11 is 0. The summed E-state index contributed by atoms with van der Waals surface area (Å²) in [6, 6.07) is 5.22. The molecule has 10 heteroatoms. The highest BCUT2D eigenvalue weighted by Gasteiger charge is 2.27. The number of rotatable bonds is 4. The number of ether oxygens (including phenoxy) is 1. The number of carbonyl (C=O) groups excluding carboxylic acids is 1. The van der Waals surface area contributed by atoms with Gasteiger partial charge in [0.05, 0.1) is 19.0 Å². The molecule has 0 atom stereocenters. The summed E-state index contributed by atoms with van der Waals surface area (Å²) in [5, 5.41) is 17.2. The lowest BCUT2D eigenvalue weighted by molar-refractivity contribution is -0.120. The molecule has 3 rings (SSSR count). The number of amides is 1. The molecule has 2 N–H and O–H groups in total. The van der Waals surface area contributed by atoms with Crippen molar-refractivity contribution >= 4 is 41.5 Å². The number of carbonyl (C=O) groups is 1. The van der Waals surface area contributed by atoms with Crippen LogP contribution in [0.25, 0.3) is 0 Å². The van der Waals surface area contributed by atoms with Crippen molar-refractivity contribution in [3.8, 4) is 11.5 Å². The summed E-state index contributed by atoms with van der Waals surface area (Å²) in [6.07, 6.45) is 3.52. The van der Waals surface area contributed by atoms with Gasteiger partial charge in [-0.05, 0) is 17.7 Å². The van der Waals surface area contributed by atoms with Crippen LogP contribution in [-0.2, 0) is 18.4 Å². The first-order valence-electron chi connectivity index (χ1n) is 8.62. The van der Waals surface area contributed by atoms with E-state index >= 15 is 0 Å². The summed E-state index contributed by atoms with van der Waals surface area (Å²) in [5.41, 5.74) is 1.69. The zero-order valence-electron chi connectivity index (χ0n) is 16.1. The van der Waals surface area contributed by atoms with Crippen LogP contribution in [0.3, 0.4) is 0 Å². The van der Waals surface area contributed by atoms with Gasteiger partial charge in [-0.1, -0.05) is 6.07 Å². The van der Waals surface area contributed by atoms with Gasteiger partial charge < -0.3 is 25.0 Å². The molecule has 0 bridgehead atoms. The van der Waals surface area contributed by atoms with E-state index in [4.69, 9.17) is 4.74 Å². The molecule has 1 aromatic heterocycles. The molecule has 0 saturated carbocycles. The Morgan fingerprint density at radius 1 is 1.39 bits per heavy atom. The van der Waals surface area contributed by atoms with Crippen LogP contribution in [0.4, 0.5) is 5.69 Å². The Hall–Kier alpha value is -2.50. The Bertz CT molecular complexity index is 854. The number of methoxy groups -OCH3 is 1. The van der Waals surface area contributed by atoms with Crippen LogP contribution in [-0.4, -0.2) is 65.4 Å². The Kier molecular flexibility index (Phi) is 7.49. The van der Waals surface area contributed by atoms with Gasteiger partial charge >= 0.3 is 0 Å². The summed E-state index contributed by atoms with van der Waals surface area (Å²) in [4.78, 5) is 20.5. The van der Waals surface area contributed by atoms with E-state index in [2.05, 4.69) is 15.4 Å². The van der Waals surface area contributed by atoms with Crippen LogP contribution in [0.15, 0.2) is 35.6 Å². The Morgan fingerprint density at radius 3 is 2.75 bits per heavy atom. The lowest BCUT2D eigenvalue weighted by Gasteiger charge is -2.35. The normalized spacial score (nSPS) is 14.7. The van der Waals surface area contributed by atoms with Gasteiger partial charge in [-0.15, -0.1) is 24.0 Å². The van der Waals surface area contributed by atoms with Crippen molar-refractivity contribution in [2.45, 2.75) is 6.54 Å². The number of nitrogens with zero attached hydrogens (tertiary/aromatic N) is 5. The van der Waals surface area contributed by atoms with E-state index in [9.17, 15) is 9.90 Å². The van der Waals surface area contributed by atoms with Crippen molar-refractivity contribution in [2.24, 2.45) is 12.0 Å². The molecule has 9 nitrogen and oxygen atoms in total. The van der Waals surface area contributed by atoms with Gasteiger partial charge in [0.25, 0.3) is 0 Å². The number of aliphatic imine (C=N–C) groups is 1. The summed E-state index contributed by atoms with van der Waals surface area (Å²) in [7, 11) is 5.02. The molecule has 0 unspecified atom stereocenters. The number of anilines is 1. The molecule has 0 aliphatic carbocycles. The lowest BCUT2D eigenvalue weighted by atomic mass is 10.2. The number of aryl methyl sites for hydroxylation is 1. The number of hydrogen-bond acceptors (Lipinski definition) is 5. The molecular weight excluding hydrogens is 475 g/mol. The number of aromatic hydroxyl groups is 1. The minimum atomic E-state index is -0.000656. The van der Waals surface area contributed by atoms with E-state index in [0.717, 1.165) is 11.3 Å². The van der Waals surface area contributed by atoms with Gasteiger partial charge in [-0.25, -0.2) is 0 Å². The summed E-state index contributed by atoms with van der Waals surface area (Å²) in [5.74, 6) is 1.16. The molecule has 1 aromatic carbocycles. The van der Waals surface area contributed by atoms with E-state index in [1.54, 1.807) is 35.0 Å². The number of hydrogen-bond donors (Lipinski definition) is 2. The monoisotopic (exact) mass is 500 g/mol. The molecule has 0 radical (unpaired) electrons. The van der Waals surface area contributed by atoms with E-state index in [0.29, 0.717) is 31.3 Å². The molecule has 1 amide bonds. The number of phenols is 1. The van der Waals surface area contributed by atoms with E-state index in [1.165, 1.54) is 7.11 Å². The molecule has 1 fully saturated rings. The average molecular weight is 500 g/mol. The van der Waals surface area contributed by atoms with Crippen LogP contribution in [0.1, 0.15) is 5.56 Å². The number of piperazine rings is 1. The zero-order chi connectivity index (χ0) is 19.4. The van der Waals surface area contributed by atoms with Crippen LogP contribution in [0.2, 0.25) is 0 Å². The first kappa shape index (κ1) is 21.8.